The number of ether oxygens (including phenoxy) is 1. The summed E-state index contributed by atoms with van der Waals surface area (Å²) in [6, 6.07) is 14.2. The molecule has 3 N–H and O–H groups in total. The summed E-state index contributed by atoms with van der Waals surface area (Å²) in [7, 11) is -3.74. The maximum atomic E-state index is 12.2. The van der Waals surface area contributed by atoms with Crippen molar-refractivity contribution in [1.29, 1.82) is 0 Å². The molecule has 2 aromatic carbocycles. The minimum Gasteiger partial charge on any atom is -0.480 e. The Bertz CT molecular complexity index is 1070. The average molecular weight is 446 g/mol. The smallest absolute Gasteiger partial charge is 0.407 e. The van der Waals surface area contributed by atoms with Gasteiger partial charge in [0.1, 0.15) is 12.6 Å². The van der Waals surface area contributed by atoms with E-state index in [1.807, 2.05) is 48.5 Å². The Hall–Kier alpha value is -3.40. The normalized spacial score (nSPS) is 13.6. The number of sulfonamides is 1. The van der Waals surface area contributed by atoms with Crippen LogP contribution in [-0.4, -0.2) is 50.4 Å². The zero-order chi connectivity index (χ0) is 22.6. The van der Waals surface area contributed by atoms with Crippen molar-refractivity contribution in [2.45, 2.75) is 24.8 Å². The topological polar surface area (TPSA) is 139 Å². The van der Waals surface area contributed by atoms with Gasteiger partial charge in [-0.1, -0.05) is 48.5 Å². The minimum atomic E-state index is -3.74. The summed E-state index contributed by atoms with van der Waals surface area (Å²) in [4.78, 5) is 35.2. The second-order valence-electron chi connectivity index (χ2n) is 7.20. The van der Waals surface area contributed by atoms with Crippen LogP contribution in [0.4, 0.5) is 4.79 Å². The Morgan fingerprint density at radius 1 is 1.03 bits per heavy atom. The lowest BCUT2D eigenvalue weighted by Gasteiger charge is -2.17. The van der Waals surface area contributed by atoms with Gasteiger partial charge in [-0.25, -0.2) is 18.0 Å². The summed E-state index contributed by atoms with van der Waals surface area (Å²) in [5.74, 6) is -2.40. The molecular formula is C21H22N2O7S. The summed E-state index contributed by atoms with van der Waals surface area (Å²) in [6.45, 7) is 0.0146. The van der Waals surface area contributed by atoms with Gasteiger partial charge in [0.25, 0.3) is 0 Å². The van der Waals surface area contributed by atoms with Gasteiger partial charge in [0.2, 0.25) is 15.9 Å². The number of carboxylic acids is 1. The highest BCUT2D eigenvalue weighted by Gasteiger charge is 2.30. The summed E-state index contributed by atoms with van der Waals surface area (Å²) >= 11 is 0. The standard InChI is InChI=1S/C21H22N2O7S/c1-31(28,29)23-19(24)11-10-18(20(25)26)22-21(27)30-12-17-15-8-4-2-6-13(15)14-7-3-5-9-16(14)17/h2-9,17-18H,10-12H2,1H3,(H,22,27)(H,23,24)(H,25,26)/t18-/m0/s1. The molecule has 2 amide bonds. The van der Waals surface area contributed by atoms with Crippen molar-refractivity contribution >= 4 is 28.0 Å². The molecule has 1 aliphatic rings. The lowest BCUT2D eigenvalue weighted by atomic mass is 9.98. The first kappa shape index (κ1) is 22.3. The Labute approximate surface area is 179 Å². The third-order valence-corrected chi connectivity index (χ3v) is 5.49. The number of aliphatic carboxylic acids is 1. The highest BCUT2D eigenvalue weighted by molar-refractivity contribution is 7.89. The van der Waals surface area contributed by atoms with E-state index in [2.05, 4.69) is 5.32 Å². The van der Waals surface area contributed by atoms with Crippen LogP contribution in [0.15, 0.2) is 48.5 Å². The maximum Gasteiger partial charge on any atom is 0.407 e. The molecule has 0 saturated carbocycles. The van der Waals surface area contributed by atoms with Crippen LogP contribution in [0, 0.1) is 0 Å². The van der Waals surface area contributed by atoms with Gasteiger partial charge in [-0.15, -0.1) is 0 Å². The fraction of sp³-hybridized carbons (Fsp3) is 0.286. The molecule has 0 aromatic heterocycles. The van der Waals surface area contributed by atoms with Crippen molar-refractivity contribution in [2.24, 2.45) is 0 Å². The van der Waals surface area contributed by atoms with E-state index in [4.69, 9.17) is 4.74 Å². The van der Waals surface area contributed by atoms with E-state index in [1.165, 1.54) is 0 Å². The molecule has 2 aromatic rings. The van der Waals surface area contributed by atoms with E-state index >= 15 is 0 Å². The van der Waals surface area contributed by atoms with E-state index in [1.54, 1.807) is 4.72 Å². The monoisotopic (exact) mass is 446 g/mol. The third-order valence-electron chi connectivity index (χ3n) is 4.89. The highest BCUT2D eigenvalue weighted by atomic mass is 32.2. The van der Waals surface area contributed by atoms with Crippen molar-refractivity contribution in [3.8, 4) is 11.1 Å². The molecule has 0 radical (unpaired) electrons. The van der Waals surface area contributed by atoms with Gasteiger partial charge in [0.15, 0.2) is 0 Å². The molecular weight excluding hydrogens is 424 g/mol. The van der Waals surface area contributed by atoms with Crippen molar-refractivity contribution in [1.82, 2.24) is 10.0 Å². The molecule has 31 heavy (non-hydrogen) atoms. The van der Waals surface area contributed by atoms with Crippen LogP contribution < -0.4 is 10.0 Å². The molecule has 0 spiro atoms. The van der Waals surface area contributed by atoms with Gasteiger partial charge < -0.3 is 15.2 Å². The first-order valence-electron chi connectivity index (χ1n) is 9.50. The van der Waals surface area contributed by atoms with E-state index in [-0.39, 0.29) is 18.9 Å². The largest absolute Gasteiger partial charge is 0.480 e. The zero-order valence-corrected chi connectivity index (χ0v) is 17.5. The molecule has 1 atom stereocenters. The van der Waals surface area contributed by atoms with E-state index in [0.29, 0.717) is 0 Å². The van der Waals surface area contributed by atoms with Crippen LogP contribution in [0.1, 0.15) is 29.9 Å². The number of hydrogen-bond acceptors (Lipinski definition) is 6. The second kappa shape index (κ2) is 9.17. The zero-order valence-electron chi connectivity index (χ0n) is 16.7. The molecule has 0 unspecified atom stereocenters. The molecule has 0 aliphatic heterocycles. The molecule has 164 valence electrons. The van der Waals surface area contributed by atoms with Crippen LogP contribution in [-0.2, 0) is 24.3 Å². The minimum absolute atomic E-state index is 0.0146. The summed E-state index contributed by atoms with van der Waals surface area (Å²) in [5, 5.41) is 11.5. The summed E-state index contributed by atoms with van der Waals surface area (Å²) in [5.41, 5.74) is 4.16. The molecule has 0 saturated heterocycles. The third kappa shape index (κ3) is 5.60. The lowest BCUT2D eigenvalue weighted by molar-refractivity contribution is -0.139. The van der Waals surface area contributed by atoms with Crippen LogP contribution in [0.5, 0.6) is 0 Å². The van der Waals surface area contributed by atoms with Crippen molar-refractivity contribution in [3.05, 3.63) is 59.7 Å². The maximum absolute atomic E-state index is 12.2. The summed E-state index contributed by atoms with van der Waals surface area (Å²) < 4.78 is 29.1. The number of rotatable bonds is 8. The Morgan fingerprint density at radius 2 is 1.58 bits per heavy atom. The molecule has 3 rings (SSSR count). The van der Waals surface area contributed by atoms with Crippen LogP contribution in [0.3, 0.4) is 0 Å². The molecule has 0 fully saturated rings. The van der Waals surface area contributed by atoms with Gasteiger partial charge in [0.05, 0.1) is 6.26 Å². The first-order chi connectivity index (χ1) is 14.7. The van der Waals surface area contributed by atoms with Crippen molar-refractivity contribution in [3.63, 3.8) is 0 Å². The lowest BCUT2D eigenvalue weighted by Crippen LogP contribution is -2.42. The predicted molar refractivity (Wildman–Crippen MR) is 112 cm³/mol. The number of fused-ring (bicyclic) bond motifs is 3. The first-order valence-corrected chi connectivity index (χ1v) is 11.4. The van der Waals surface area contributed by atoms with E-state index < -0.39 is 40.5 Å². The fourth-order valence-electron chi connectivity index (χ4n) is 3.57. The molecule has 9 nitrogen and oxygen atoms in total. The van der Waals surface area contributed by atoms with Gasteiger partial charge in [-0.05, 0) is 28.7 Å². The number of alkyl carbamates (subject to hydrolysis) is 1. The number of hydrogen-bond donors (Lipinski definition) is 3. The number of carbonyl (C=O) groups excluding carboxylic acids is 2. The van der Waals surface area contributed by atoms with Crippen molar-refractivity contribution in [2.75, 3.05) is 12.9 Å². The van der Waals surface area contributed by atoms with Crippen LogP contribution >= 0.6 is 0 Å². The highest BCUT2D eigenvalue weighted by Crippen LogP contribution is 2.44. The van der Waals surface area contributed by atoms with Gasteiger partial charge in [-0.3, -0.25) is 9.52 Å². The quantitative estimate of drug-likeness (QED) is 0.562. The summed E-state index contributed by atoms with van der Waals surface area (Å²) in [6.07, 6.45) is -0.805. The Balaban J connectivity index is 1.60. The molecule has 0 heterocycles. The van der Waals surface area contributed by atoms with E-state index in [9.17, 15) is 27.9 Å². The number of amides is 2. The number of nitrogens with one attached hydrogen (secondary N) is 2. The van der Waals surface area contributed by atoms with E-state index in [0.717, 1.165) is 28.5 Å². The van der Waals surface area contributed by atoms with Gasteiger partial charge >= 0.3 is 12.1 Å². The van der Waals surface area contributed by atoms with Crippen molar-refractivity contribution < 1.29 is 32.6 Å². The van der Waals surface area contributed by atoms with Gasteiger partial charge in [-0.2, -0.15) is 0 Å². The molecule has 1 aliphatic carbocycles. The number of carbonyl (C=O) groups is 3. The number of carboxylic acid groups (broad SMARTS) is 1. The Morgan fingerprint density at radius 3 is 2.10 bits per heavy atom. The molecule has 10 heteroatoms. The van der Waals surface area contributed by atoms with Crippen LogP contribution in [0.2, 0.25) is 0 Å². The fourth-order valence-corrected chi connectivity index (χ4v) is 4.09. The van der Waals surface area contributed by atoms with Gasteiger partial charge in [0, 0.05) is 12.3 Å². The predicted octanol–water partition coefficient (Wildman–Crippen LogP) is 1.83. The Kier molecular flexibility index (Phi) is 6.59. The van der Waals surface area contributed by atoms with Crippen LogP contribution in [0.25, 0.3) is 11.1 Å². The second-order valence-corrected chi connectivity index (χ2v) is 8.95. The SMILES string of the molecule is CS(=O)(=O)NC(=O)CC[C@H](NC(=O)OCC1c2ccccc2-c2ccccc21)C(=O)O. The molecule has 0 bridgehead atoms. The number of benzene rings is 2. The average Bonchev–Trinajstić information content (AvgIpc) is 3.02.